The van der Waals surface area contributed by atoms with Crippen LogP contribution in [0.5, 0.6) is 0 Å². The first-order chi connectivity index (χ1) is 7.80. The van der Waals surface area contributed by atoms with E-state index in [0.29, 0.717) is 16.9 Å². The fraction of sp³-hybridized carbons (Fsp3) is 0.417. The molecule has 0 spiro atoms. The molecule has 0 amide bonds. The standard InChI is InChI=1S/C12H14O4S/c1-7-3-4-8(5-11(7)17(2,15)16)9-6-10(9)12(13)14/h3-5,9-10H,6H2,1-2H3,(H,13,14). The van der Waals surface area contributed by atoms with Crippen LogP contribution in [-0.2, 0) is 14.6 Å². The van der Waals surface area contributed by atoms with Crippen molar-refractivity contribution in [3.05, 3.63) is 29.3 Å². The zero-order chi connectivity index (χ0) is 12.8. The molecule has 1 aromatic carbocycles. The van der Waals surface area contributed by atoms with Crippen molar-refractivity contribution in [1.82, 2.24) is 0 Å². The van der Waals surface area contributed by atoms with E-state index in [2.05, 4.69) is 0 Å². The highest BCUT2D eigenvalue weighted by molar-refractivity contribution is 7.90. The van der Waals surface area contributed by atoms with Crippen LogP contribution in [0.15, 0.2) is 23.1 Å². The van der Waals surface area contributed by atoms with E-state index >= 15 is 0 Å². The second-order valence-electron chi connectivity index (χ2n) is 4.58. The molecule has 2 unspecified atom stereocenters. The molecule has 0 aliphatic heterocycles. The fourth-order valence-corrected chi connectivity index (χ4v) is 3.09. The molecule has 0 bridgehead atoms. The second kappa shape index (κ2) is 3.84. The Morgan fingerprint density at radius 1 is 1.41 bits per heavy atom. The lowest BCUT2D eigenvalue weighted by Gasteiger charge is -2.06. The first-order valence-electron chi connectivity index (χ1n) is 5.34. The average Bonchev–Trinajstić information content (AvgIpc) is 2.96. The molecular formula is C12H14O4S. The normalized spacial score (nSPS) is 23.4. The number of aliphatic carboxylic acids is 1. The van der Waals surface area contributed by atoms with Crippen LogP contribution in [0.25, 0.3) is 0 Å². The third-order valence-corrected chi connectivity index (χ3v) is 4.39. The third kappa shape index (κ3) is 2.34. The first kappa shape index (κ1) is 12.1. The minimum absolute atomic E-state index is 0.0337. The van der Waals surface area contributed by atoms with E-state index in [4.69, 9.17) is 5.11 Å². The molecule has 2 atom stereocenters. The van der Waals surface area contributed by atoms with Gasteiger partial charge in [-0.2, -0.15) is 0 Å². The lowest BCUT2D eigenvalue weighted by atomic mass is 10.1. The van der Waals surface area contributed by atoms with Crippen molar-refractivity contribution in [1.29, 1.82) is 0 Å². The summed E-state index contributed by atoms with van der Waals surface area (Å²) in [5, 5.41) is 8.85. The molecule has 0 saturated heterocycles. The molecule has 17 heavy (non-hydrogen) atoms. The highest BCUT2D eigenvalue weighted by atomic mass is 32.2. The summed E-state index contributed by atoms with van der Waals surface area (Å²) in [4.78, 5) is 11.1. The van der Waals surface area contributed by atoms with E-state index in [-0.39, 0.29) is 11.8 Å². The third-order valence-electron chi connectivity index (χ3n) is 3.15. The van der Waals surface area contributed by atoms with Crippen molar-refractivity contribution in [3.8, 4) is 0 Å². The Morgan fingerprint density at radius 2 is 2.06 bits per heavy atom. The number of hydrogen-bond acceptors (Lipinski definition) is 3. The summed E-state index contributed by atoms with van der Waals surface area (Å²) < 4.78 is 23.1. The average molecular weight is 254 g/mol. The van der Waals surface area contributed by atoms with Crippen LogP contribution in [0.4, 0.5) is 0 Å². The Labute approximate surface area is 100 Å². The molecule has 2 rings (SSSR count). The van der Waals surface area contributed by atoms with Crippen molar-refractivity contribution in [2.45, 2.75) is 24.2 Å². The van der Waals surface area contributed by atoms with Gasteiger partial charge in [-0.25, -0.2) is 8.42 Å². The van der Waals surface area contributed by atoms with E-state index in [0.717, 1.165) is 5.56 Å². The summed E-state index contributed by atoms with van der Waals surface area (Å²) in [6.07, 6.45) is 1.77. The quantitative estimate of drug-likeness (QED) is 0.889. The fourth-order valence-electron chi connectivity index (χ4n) is 2.08. The Bertz CT molecular complexity index is 574. The van der Waals surface area contributed by atoms with E-state index in [1.54, 1.807) is 19.1 Å². The Balaban J connectivity index is 2.37. The van der Waals surface area contributed by atoms with Crippen LogP contribution in [-0.4, -0.2) is 25.7 Å². The monoisotopic (exact) mass is 254 g/mol. The van der Waals surface area contributed by atoms with Gasteiger partial charge in [-0.05, 0) is 36.5 Å². The number of carboxylic acid groups (broad SMARTS) is 1. The molecule has 0 aromatic heterocycles. The number of benzene rings is 1. The summed E-state index contributed by atoms with van der Waals surface area (Å²) in [5.74, 6) is -1.20. The van der Waals surface area contributed by atoms with Gasteiger partial charge in [-0.3, -0.25) is 4.79 Å². The van der Waals surface area contributed by atoms with Crippen molar-refractivity contribution in [2.75, 3.05) is 6.26 Å². The molecule has 5 heteroatoms. The number of carboxylic acids is 1. The summed E-state index contributed by atoms with van der Waals surface area (Å²) in [5.41, 5.74) is 1.51. The SMILES string of the molecule is Cc1ccc(C2CC2C(=O)O)cc1S(C)(=O)=O. The number of hydrogen-bond donors (Lipinski definition) is 1. The van der Waals surface area contributed by atoms with Crippen molar-refractivity contribution < 1.29 is 18.3 Å². The summed E-state index contributed by atoms with van der Waals surface area (Å²) in [7, 11) is -3.25. The molecule has 1 aromatic rings. The van der Waals surface area contributed by atoms with E-state index in [9.17, 15) is 13.2 Å². The maximum absolute atomic E-state index is 11.5. The van der Waals surface area contributed by atoms with Crippen LogP contribution in [0.3, 0.4) is 0 Å². The predicted molar refractivity (Wildman–Crippen MR) is 62.8 cm³/mol. The van der Waals surface area contributed by atoms with Crippen LogP contribution < -0.4 is 0 Å². The van der Waals surface area contributed by atoms with Gasteiger partial charge in [0.05, 0.1) is 10.8 Å². The minimum Gasteiger partial charge on any atom is -0.481 e. The number of carbonyl (C=O) groups is 1. The summed E-state index contributed by atoms with van der Waals surface area (Å²) in [6, 6.07) is 5.17. The number of rotatable bonds is 3. The summed E-state index contributed by atoms with van der Waals surface area (Å²) >= 11 is 0. The lowest BCUT2D eigenvalue weighted by molar-refractivity contribution is -0.138. The maximum Gasteiger partial charge on any atom is 0.307 e. The van der Waals surface area contributed by atoms with Gasteiger partial charge in [-0.15, -0.1) is 0 Å². The summed E-state index contributed by atoms with van der Waals surface area (Å²) in [6.45, 7) is 1.74. The molecule has 1 N–H and O–H groups in total. The van der Waals surface area contributed by atoms with Crippen LogP contribution >= 0.6 is 0 Å². The Morgan fingerprint density at radius 3 is 2.53 bits per heavy atom. The van der Waals surface area contributed by atoms with E-state index in [1.165, 1.54) is 6.26 Å². The second-order valence-corrected chi connectivity index (χ2v) is 6.57. The Hall–Kier alpha value is -1.36. The molecule has 1 saturated carbocycles. The number of aryl methyl sites for hydroxylation is 1. The molecule has 0 radical (unpaired) electrons. The van der Waals surface area contributed by atoms with Crippen LogP contribution in [0, 0.1) is 12.8 Å². The van der Waals surface area contributed by atoms with Gasteiger partial charge in [0.15, 0.2) is 9.84 Å². The first-order valence-corrected chi connectivity index (χ1v) is 7.23. The van der Waals surface area contributed by atoms with Gasteiger partial charge >= 0.3 is 5.97 Å². The Kier molecular flexibility index (Phi) is 2.73. The van der Waals surface area contributed by atoms with Crippen molar-refractivity contribution in [3.63, 3.8) is 0 Å². The highest BCUT2D eigenvalue weighted by Crippen LogP contribution is 2.48. The van der Waals surface area contributed by atoms with Gasteiger partial charge in [0.25, 0.3) is 0 Å². The van der Waals surface area contributed by atoms with E-state index in [1.807, 2.05) is 6.07 Å². The highest BCUT2D eigenvalue weighted by Gasteiger charge is 2.44. The zero-order valence-electron chi connectivity index (χ0n) is 9.67. The van der Waals surface area contributed by atoms with Gasteiger partial charge in [0.1, 0.15) is 0 Å². The van der Waals surface area contributed by atoms with Crippen LogP contribution in [0.2, 0.25) is 0 Å². The predicted octanol–water partition coefficient (Wildman–Crippen LogP) is 1.59. The van der Waals surface area contributed by atoms with E-state index < -0.39 is 15.8 Å². The molecule has 1 aliphatic carbocycles. The van der Waals surface area contributed by atoms with Crippen molar-refractivity contribution in [2.24, 2.45) is 5.92 Å². The molecule has 0 heterocycles. The van der Waals surface area contributed by atoms with Crippen molar-refractivity contribution >= 4 is 15.8 Å². The maximum atomic E-state index is 11.5. The van der Waals surface area contributed by atoms with Gasteiger partial charge in [0.2, 0.25) is 0 Å². The van der Waals surface area contributed by atoms with Gasteiger partial charge in [-0.1, -0.05) is 12.1 Å². The zero-order valence-corrected chi connectivity index (χ0v) is 10.5. The van der Waals surface area contributed by atoms with Gasteiger partial charge < -0.3 is 5.11 Å². The van der Waals surface area contributed by atoms with Gasteiger partial charge in [0, 0.05) is 6.26 Å². The molecule has 92 valence electrons. The number of sulfone groups is 1. The minimum atomic E-state index is -3.25. The van der Waals surface area contributed by atoms with Crippen LogP contribution in [0.1, 0.15) is 23.5 Å². The smallest absolute Gasteiger partial charge is 0.307 e. The molecule has 1 aliphatic rings. The topological polar surface area (TPSA) is 71.4 Å². The largest absolute Gasteiger partial charge is 0.481 e. The molecule has 1 fully saturated rings. The molecular weight excluding hydrogens is 240 g/mol. The molecule has 4 nitrogen and oxygen atoms in total. The lowest BCUT2D eigenvalue weighted by Crippen LogP contribution is -2.02.